The molecule has 14 nitrogen and oxygen atoms in total. The highest BCUT2D eigenvalue weighted by Gasteiger charge is 2.41. The number of likely N-dealkylation sites (N-methyl/N-ethyl adjacent to an activating group) is 1. The first-order chi connectivity index (χ1) is 19.0. The van der Waals surface area contributed by atoms with Crippen LogP contribution in [0, 0.1) is 0 Å². The van der Waals surface area contributed by atoms with Gasteiger partial charge in [-0.1, -0.05) is 24.3 Å². The maximum Gasteiger partial charge on any atom is 0.547 e. The number of amides is 6. The molecule has 40 heavy (non-hydrogen) atoms. The molecule has 2 aliphatic rings. The van der Waals surface area contributed by atoms with Gasteiger partial charge in [-0.15, -0.1) is 0 Å². The zero-order valence-corrected chi connectivity index (χ0v) is 21.3. The van der Waals surface area contributed by atoms with Crippen LogP contribution in [0.3, 0.4) is 0 Å². The molecule has 1 unspecified atom stereocenters. The summed E-state index contributed by atoms with van der Waals surface area (Å²) in [7, 11) is -1.62. The van der Waals surface area contributed by atoms with Crippen molar-refractivity contribution in [2.45, 2.75) is 25.3 Å². The summed E-state index contributed by atoms with van der Waals surface area (Å²) in [4.78, 5) is 76.4. The fourth-order valence-electron chi connectivity index (χ4n) is 4.49. The number of carbonyl (C=O) groups excluding carboxylic acids is 5. The lowest BCUT2D eigenvalue weighted by Gasteiger charge is -2.33. The number of imide groups is 1. The molecule has 208 valence electrons. The average molecular weight is 551 g/mol. The summed E-state index contributed by atoms with van der Waals surface area (Å²) in [5.41, 5.74) is 5.93. The lowest BCUT2D eigenvalue weighted by atomic mass is 9.72. The van der Waals surface area contributed by atoms with Gasteiger partial charge in [0.15, 0.2) is 0 Å². The summed E-state index contributed by atoms with van der Waals surface area (Å²) in [5, 5.41) is 25.0. The van der Waals surface area contributed by atoms with Crippen LogP contribution in [-0.2, 0) is 20.8 Å². The Morgan fingerprint density at radius 1 is 1.10 bits per heavy atom. The number of urea groups is 1. The number of para-hydroxylation sites is 1. The van der Waals surface area contributed by atoms with Crippen LogP contribution in [0.2, 0.25) is 0 Å². The summed E-state index contributed by atoms with van der Waals surface area (Å²) in [6.45, 7) is 2.03. The average Bonchev–Trinajstić information content (AvgIpc) is 2.93. The Morgan fingerprint density at radius 3 is 2.42 bits per heavy atom. The van der Waals surface area contributed by atoms with E-state index in [-0.39, 0.29) is 42.0 Å². The third kappa shape index (κ3) is 5.59. The van der Waals surface area contributed by atoms with Crippen LogP contribution in [-0.4, -0.2) is 88.3 Å². The van der Waals surface area contributed by atoms with Crippen molar-refractivity contribution in [3.05, 3.63) is 64.7 Å². The van der Waals surface area contributed by atoms with Crippen LogP contribution >= 0.6 is 0 Å². The van der Waals surface area contributed by atoms with Gasteiger partial charge >= 0.3 is 30.9 Å². The molecule has 0 spiro atoms. The normalized spacial score (nSPS) is 17.4. The first kappa shape index (κ1) is 28.1. The SMILES string of the molecule is CCN1CCN(C(=O)NC(C(=O)N[C@H]2Cc3cccc(C(=O)O)c3OB2O)c2ccc(C(N)=O)cc2)C(=O)C1=O. The molecular formula is C25H26BN5O9. The van der Waals surface area contributed by atoms with Gasteiger partial charge < -0.3 is 36.1 Å². The van der Waals surface area contributed by atoms with E-state index < -0.39 is 54.7 Å². The maximum absolute atomic E-state index is 13.5. The molecule has 6 amide bonds. The summed E-state index contributed by atoms with van der Waals surface area (Å²) >= 11 is 0. The van der Waals surface area contributed by atoms with Crippen molar-refractivity contribution < 1.29 is 43.6 Å². The van der Waals surface area contributed by atoms with Crippen LogP contribution in [0.25, 0.3) is 0 Å². The molecule has 2 aliphatic heterocycles. The van der Waals surface area contributed by atoms with Gasteiger partial charge in [0, 0.05) is 25.2 Å². The van der Waals surface area contributed by atoms with Gasteiger partial charge in [0.2, 0.25) is 11.8 Å². The van der Waals surface area contributed by atoms with Crippen molar-refractivity contribution >= 4 is 42.7 Å². The Bertz CT molecular complexity index is 1380. The van der Waals surface area contributed by atoms with E-state index in [0.717, 1.165) is 0 Å². The smallest absolute Gasteiger partial charge is 0.534 e. The number of aromatic carboxylic acids is 1. The number of nitrogens with one attached hydrogen (secondary N) is 2. The molecule has 0 bridgehead atoms. The van der Waals surface area contributed by atoms with Crippen LogP contribution in [0.5, 0.6) is 5.75 Å². The zero-order chi connectivity index (χ0) is 29.1. The maximum atomic E-state index is 13.5. The largest absolute Gasteiger partial charge is 0.547 e. The minimum atomic E-state index is -1.62. The van der Waals surface area contributed by atoms with Crippen molar-refractivity contribution in [3.8, 4) is 5.75 Å². The van der Waals surface area contributed by atoms with Gasteiger partial charge in [0.1, 0.15) is 11.8 Å². The van der Waals surface area contributed by atoms with Crippen molar-refractivity contribution in [2.75, 3.05) is 19.6 Å². The Labute approximate surface area is 228 Å². The highest BCUT2D eigenvalue weighted by molar-refractivity contribution is 6.47. The molecule has 1 saturated heterocycles. The zero-order valence-electron chi connectivity index (χ0n) is 21.3. The van der Waals surface area contributed by atoms with Crippen LogP contribution in [0.1, 0.15) is 44.8 Å². The molecule has 2 aromatic carbocycles. The second kappa shape index (κ2) is 11.4. The number of carboxylic acids is 1. The summed E-state index contributed by atoms with van der Waals surface area (Å²) in [6, 6.07) is 7.45. The van der Waals surface area contributed by atoms with Crippen molar-refractivity contribution in [1.82, 2.24) is 20.4 Å². The van der Waals surface area contributed by atoms with E-state index in [4.69, 9.17) is 10.4 Å². The number of carboxylic acid groups (broad SMARTS) is 1. The van der Waals surface area contributed by atoms with E-state index in [0.29, 0.717) is 17.0 Å². The number of carbonyl (C=O) groups is 6. The van der Waals surface area contributed by atoms with E-state index in [1.54, 1.807) is 13.0 Å². The van der Waals surface area contributed by atoms with Gasteiger partial charge in [-0.2, -0.15) is 0 Å². The van der Waals surface area contributed by atoms with E-state index >= 15 is 0 Å². The van der Waals surface area contributed by atoms with Gasteiger partial charge in [-0.3, -0.25) is 24.1 Å². The summed E-state index contributed by atoms with van der Waals surface area (Å²) in [6.07, 6.45) is 0.0105. The van der Waals surface area contributed by atoms with Crippen molar-refractivity contribution in [1.29, 1.82) is 0 Å². The lowest BCUT2D eigenvalue weighted by molar-refractivity contribution is -0.153. The molecule has 2 atom stereocenters. The van der Waals surface area contributed by atoms with Crippen molar-refractivity contribution in [3.63, 3.8) is 0 Å². The molecule has 0 aliphatic carbocycles. The fraction of sp³-hybridized carbons (Fsp3) is 0.280. The Morgan fingerprint density at radius 2 is 1.80 bits per heavy atom. The Hall–Kier alpha value is -4.92. The molecule has 0 aromatic heterocycles. The van der Waals surface area contributed by atoms with Crippen molar-refractivity contribution in [2.24, 2.45) is 5.73 Å². The first-order valence-corrected chi connectivity index (χ1v) is 12.3. The summed E-state index contributed by atoms with van der Waals surface area (Å²) < 4.78 is 5.41. The fourth-order valence-corrected chi connectivity index (χ4v) is 4.49. The first-order valence-electron chi connectivity index (χ1n) is 12.3. The predicted molar refractivity (Wildman–Crippen MR) is 138 cm³/mol. The second-order valence-electron chi connectivity index (χ2n) is 9.14. The second-order valence-corrected chi connectivity index (χ2v) is 9.14. The van der Waals surface area contributed by atoms with E-state index in [1.165, 1.54) is 41.3 Å². The number of nitrogens with two attached hydrogens (primary N) is 1. The lowest BCUT2D eigenvalue weighted by Crippen LogP contribution is -2.60. The molecule has 2 aromatic rings. The standard InChI is InChI=1S/C25H26BN5O9/c1-2-30-10-11-31(23(35)22(30)34)25(38)29-18(13-6-8-14(9-7-13)20(27)32)21(33)28-17-12-15-4-3-5-16(24(36)37)19(15)40-26(17)39/h3-9,17-18,39H,2,10-12H2,1H3,(H2,27,32)(H,28,33)(H,29,38)(H,36,37)/t17-,18?/m0/s1. The van der Waals surface area contributed by atoms with Crippen LogP contribution < -0.4 is 21.0 Å². The Kier molecular flexibility index (Phi) is 8.04. The van der Waals surface area contributed by atoms with Gasteiger partial charge in [0.05, 0.1) is 11.5 Å². The molecule has 4 rings (SSSR count). The quantitative estimate of drug-likeness (QED) is 0.212. The molecule has 1 fully saturated rings. The third-order valence-corrected chi connectivity index (χ3v) is 6.67. The molecule has 15 heteroatoms. The number of piperazine rings is 1. The monoisotopic (exact) mass is 551 g/mol. The van der Waals surface area contributed by atoms with E-state index in [1.807, 2.05) is 0 Å². The number of fused-ring (bicyclic) bond motifs is 1. The number of primary amides is 1. The van der Waals surface area contributed by atoms with Gasteiger partial charge in [-0.05, 0) is 42.7 Å². The Balaban J connectivity index is 1.57. The predicted octanol–water partition coefficient (Wildman–Crippen LogP) is -0.935. The van der Waals surface area contributed by atoms with Crippen LogP contribution in [0.4, 0.5) is 4.79 Å². The molecule has 2 heterocycles. The number of nitrogens with zero attached hydrogens (tertiary/aromatic N) is 2. The number of hydrogen-bond acceptors (Lipinski definition) is 8. The minimum Gasteiger partial charge on any atom is -0.534 e. The number of rotatable bonds is 7. The number of benzene rings is 2. The third-order valence-electron chi connectivity index (χ3n) is 6.67. The topological polar surface area (TPSA) is 209 Å². The number of hydrogen-bond donors (Lipinski definition) is 5. The van der Waals surface area contributed by atoms with Gasteiger partial charge in [-0.25, -0.2) is 9.59 Å². The summed E-state index contributed by atoms with van der Waals surface area (Å²) in [5.74, 6) is -5.72. The molecule has 6 N–H and O–H groups in total. The van der Waals surface area contributed by atoms with E-state index in [2.05, 4.69) is 10.6 Å². The highest BCUT2D eigenvalue weighted by atomic mass is 16.5. The minimum absolute atomic E-state index is 0.0105. The van der Waals surface area contributed by atoms with Gasteiger partial charge in [0.25, 0.3) is 0 Å². The highest BCUT2D eigenvalue weighted by Crippen LogP contribution is 2.30. The molecule has 0 saturated carbocycles. The molecular weight excluding hydrogens is 525 g/mol. The van der Waals surface area contributed by atoms with E-state index in [9.17, 15) is 38.9 Å². The van der Waals surface area contributed by atoms with Crippen LogP contribution in [0.15, 0.2) is 42.5 Å². The molecule has 0 radical (unpaired) electrons.